The molecule has 4 heteroatoms. The summed E-state index contributed by atoms with van der Waals surface area (Å²) >= 11 is 0. The van der Waals surface area contributed by atoms with E-state index in [0.29, 0.717) is 17.5 Å². The van der Waals surface area contributed by atoms with Gasteiger partial charge in [-0.1, -0.05) is 13.8 Å². The quantitative estimate of drug-likeness (QED) is 0.718. The topological polar surface area (TPSA) is 29.3 Å². The summed E-state index contributed by atoms with van der Waals surface area (Å²) < 4.78 is 0. The van der Waals surface area contributed by atoms with Crippen molar-refractivity contribution in [2.45, 2.75) is 32.4 Å². The zero-order valence-electron chi connectivity index (χ0n) is 8.20. The van der Waals surface area contributed by atoms with E-state index in [4.69, 9.17) is 5.73 Å². The smallest absolute Gasteiger partial charge is 0.0170 e. The van der Waals surface area contributed by atoms with Crippen molar-refractivity contribution in [1.29, 1.82) is 0 Å². The van der Waals surface area contributed by atoms with E-state index in [1.54, 1.807) is 0 Å². The van der Waals surface area contributed by atoms with Crippen molar-refractivity contribution in [3.05, 3.63) is 0 Å². The SMILES string of the molecule is CN(C)C1CC(N)C1(C)C.Cl.Cl. The van der Waals surface area contributed by atoms with Crippen molar-refractivity contribution in [3.8, 4) is 0 Å². The van der Waals surface area contributed by atoms with Gasteiger partial charge in [0, 0.05) is 12.1 Å². The molecule has 1 fully saturated rings. The molecule has 2 unspecified atom stereocenters. The van der Waals surface area contributed by atoms with Gasteiger partial charge >= 0.3 is 0 Å². The van der Waals surface area contributed by atoms with Crippen LogP contribution >= 0.6 is 24.8 Å². The number of nitrogens with two attached hydrogens (primary N) is 1. The predicted molar refractivity (Wildman–Crippen MR) is 58.3 cm³/mol. The summed E-state index contributed by atoms with van der Waals surface area (Å²) in [6, 6.07) is 1.09. The maximum atomic E-state index is 5.86. The van der Waals surface area contributed by atoms with Gasteiger partial charge in [-0.05, 0) is 25.9 Å². The predicted octanol–water partition coefficient (Wildman–Crippen LogP) is 1.52. The van der Waals surface area contributed by atoms with Gasteiger partial charge in [0.1, 0.15) is 0 Å². The Bertz CT molecular complexity index is 137. The summed E-state index contributed by atoms with van der Waals surface area (Å²) in [6.45, 7) is 4.48. The Labute approximate surface area is 87.7 Å². The lowest BCUT2D eigenvalue weighted by Crippen LogP contribution is -2.62. The molecule has 1 aliphatic rings. The summed E-state index contributed by atoms with van der Waals surface area (Å²) in [5, 5.41) is 0. The minimum absolute atomic E-state index is 0. The molecule has 0 saturated heterocycles. The monoisotopic (exact) mass is 214 g/mol. The highest BCUT2D eigenvalue weighted by Crippen LogP contribution is 2.41. The first-order valence-corrected chi connectivity index (χ1v) is 3.88. The van der Waals surface area contributed by atoms with Crippen LogP contribution in [0.25, 0.3) is 0 Å². The van der Waals surface area contributed by atoms with Crippen molar-refractivity contribution < 1.29 is 0 Å². The van der Waals surface area contributed by atoms with Crippen molar-refractivity contribution >= 4 is 24.8 Å². The van der Waals surface area contributed by atoms with E-state index in [0.717, 1.165) is 6.42 Å². The van der Waals surface area contributed by atoms with Gasteiger partial charge in [0.2, 0.25) is 0 Å². The highest BCUT2D eigenvalue weighted by atomic mass is 35.5. The summed E-state index contributed by atoms with van der Waals surface area (Å²) in [7, 11) is 4.25. The molecule has 0 aromatic rings. The Morgan fingerprint density at radius 2 is 1.67 bits per heavy atom. The highest BCUT2D eigenvalue weighted by molar-refractivity contribution is 5.85. The lowest BCUT2D eigenvalue weighted by atomic mass is 9.63. The minimum Gasteiger partial charge on any atom is -0.327 e. The van der Waals surface area contributed by atoms with Crippen molar-refractivity contribution in [2.24, 2.45) is 11.1 Å². The van der Waals surface area contributed by atoms with Gasteiger partial charge in [0.25, 0.3) is 0 Å². The minimum atomic E-state index is 0. The first-order chi connectivity index (χ1) is 4.46. The molecule has 12 heavy (non-hydrogen) atoms. The second-order valence-corrected chi connectivity index (χ2v) is 4.14. The number of nitrogens with zero attached hydrogens (tertiary/aromatic N) is 1. The average molecular weight is 215 g/mol. The molecular weight excluding hydrogens is 195 g/mol. The lowest BCUT2D eigenvalue weighted by Gasteiger charge is -2.53. The van der Waals surface area contributed by atoms with Crippen molar-refractivity contribution in [3.63, 3.8) is 0 Å². The zero-order chi connectivity index (χ0) is 7.94. The molecule has 1 aliphatic carbocycles. The first kappa shape index (κ1) is 15.0. The van der Waals surface area contributed by atoms with Crippen LogP contribution < -0.4 is 5.73 Å². The number of rotatable bonds is 1. The van der Waals surface area contributed by atoms with E-state index in [1.165, 1.54) is 0 Å². The maximum Gasteiger partial charge on any atom is 0.0170 e. The van der Waals surface area contributed by atoms with Crippen LogP contribution in [0.5, 0.6) is 0 Å². The molecule has 0 amide bonds. The molecule has 1 saturated carbocycles. The lowest BCUT2D eigenvalue weighted by molar-refractivity contribution is 0.00547. The fourth-order valence-corrected chi connectivity index (χ4v) is 1.81. The van der Waals surface area contributed by atoms with E-state index in [9.17, 15) is 0 Å². The summed E-state index contributed by atoms with van der Waals surface area (Å²) in [6.07, 6.45) is 1.15. The molecule has 0 radical (unpaired) electrons. The van der Waals surface area contributed by atoms with Gasteiger partial charge in [0.15, 0.2) is 0 Å². The third-order valence-corrected chi connectivity index (χ3v) is 2.92. The molecule has 0 aromatic carbocycles. The summed E-state index contributed by atoms with van der Waals surface area (Å²) in [4.78, 5) is 2.27. The number of hydrogen-bond acceptors (Lipinski definition) is 2. The second kappa shape index (κ2) is 4.66. The molecule has 2 N–H and O–H groups in total. The van der Waals surface area contributed by atoms with Crippen LogP contribution in [0, 0.1) is 5.41 Å². The summed E-state index contributed by atoms with van der Waals surface area (Å²) in [5.74, 6) is 0. The summed E-state index contributed by atoms with van der Waals surface area (Å²) in [5.41, 5.74) is 6.18. The molecule has 2 atom stereocenters. The van der Waals surface area contributed by atoms with E-state index in [2.05, 4.69) is 32.8 Å². The third kappa shape index (κ3) is 2.25. The van der Waals surface area contributed by atoms with Gasteiger partial charge in [-0.2, -0.15) is 0 Å². The van der Waals surface area contributed by atoms with Crippen LogP contribution in [0.15, 0.2) is 0 Å². The standard InChI is InChI=1S/C8H18N2.2ClH/c1-8(2)6(9)5-7(8)10(3)4;;/h6-7H,5,9H2,1-4H3;2*1H. The number of halogens is 2. The van der Waals surface area contributed by atoms with Crippen LogP contribution in [0.1, 0.15) is 20.3 Å². The second-order valence-electron chi connectivity index (χ2n) is 4.14. The fourth-order valence-electron chi connectivity index (χ4n) is 1.81. The Morgan fingerprint density at radius 1 is 1.25 bits per heavy atom. The van der Waals surface area contributed by atoms with Crippen LogP contribution in [-0.4, -0.2) is 31.1 Å². The largest absolute Gasteiger partial charge is 0.327 e. The van der Waals surface area contributed by atoms with Crippen LogP contribution in [0.3, 0.4) is 0 Å². The zero-order valence-corrected chi connectivity index (χ0v) is 9.84. The van der Waals surface area contributed by atoms with Crippen molar-refractivity contribution in [2.75, 3.05) is 14.1 Å². The molecule has 76 valence electrons. The maximum absolute atomic E-state index is 5.86. The van der Waals surface area contributed by atoms with E-state index >= 15 is 0 Å². The Morgan fingerprint density at radius 3 is 1.75 bits per heavy atom. The molecule has 0 aromatic heterocycles. The van der Waals surface area contributed by atoms with Gasteiger partial charge in [-0.15, -0.1) is 24.8 Å². The number of hydrogen-bond donors (Lipinski definition) is 1. The van der Waals surface area contributed by atoms with Crippen molar-refractivity contribution in [1.82, 2.24) is 4.90 Å². The average Bonchev–Trinajstić information content (AvgIpc) is 1.82. The molecule has 0 heterocycles. The molecule has 0 bridgehead atoms. The Balaban J connectivity index is 0. The van der Waals surface area contributed by atoms with E-state index in [-0.39, 0.29) is 24.8 Å². The fraction of sp³-hybridized carbons (Fsp3) is 1.00. The van der Waals surface area contributed by atoms with E-state index < -0.39 is 0 Å². The third-order valence-electron chi connectivity index (χ3n) is 2.92. The van der Waals surface area contributed by atoms with Crippen LogP contribution in [0.4, 0.5) is 0 Å². The normalized spacial score (nSPS) is 31.5. The van der Waals surface area contributed by atoms with Gasteiger partial charge in [-0.25, -0.2) is 0 Å². The van der Waals surface area contributed by atoms with Gasteiger partial charge in [-0.3, -0.25) is 0 Å². The molecule has 1 rings (SSSR count). The highest BCUT2D eigenvalue weighted by Gasteiger charge is 2.46. The molecule has 0 spiro atoms. The molecular formula is C8H20Cl2N2. The molecule has 2 nitrogen and oxygen atoms in total. The molecule has 0 aliphatic heterocycles. The van der Waals surface area contributed by atoms with Crippen LogP contribution in [-0.2, 0) is 0 Å². The Kier molecular flexibility index (Phi) is 5.82. The van der Waals surface area contributed by atoms with Crippen LogP contribution in [0.2, 0.25) is 0 Å². The van der Waals surface area contributed by atoms with Gasteiger partial charge in [0.05, 0.1) is 0 Å². The van der Waals surface area contributed by atoms with Gasteiger partial charge < -0.3 is 10.6 Å². The van der Waals surface area contributed by atoms with E-state index in [1.807, 2.05) is 0 Å². The Hall–Kier alpha value is 0.500. The first-order valence-electron chi connectivity index (χ1n) is 3.88.